The maximum absolute atomic E-state index is 13.6. The number of piperazine rings is 1. The summed E-state index contributed by atoms with van der Waals surface area (Å²) in [5.41, 5.74) is 1.91. The van der Waals surface area contributed by atoms with E-state index < -0.39 is 24.3 Å². The topological polar surface area (TPSA) is 76.2 Å². The van der Waals surface area contributed by atoms with Crippen LogP contribution < -0.4 is 5.32 Å². The molecule has 0 saturated carbocycles. The molecule has 4 rings (SSSR count). The molecule has 0 aliphatic carbocycles. The van der Waals surface area contributed by atoms with Gasteiger partial charge >= 0.3 is 6.03 Å². The summed E-state index contributed by atoms with van der Waals surface area (Å²) in [4.78, 5) is 43.0. The molecule has 3 atom stereocenters. The molecule has 0 aromatic heterocycles. The second-order valence-corrected chi connectivity index (χ2v) is 9.19. The molecule has 2 aliphatic heterocycles. The molecule has 4 amide bonds. The van der Waals surface area contributed by atoms with Crippen molar-refractivity contribution in [2.45, 2.75) is 38.6 Å². The van der Waals surface area contributed by atoms with E-state index in [1.54, 1.807) is 43.1 Å². The average molecular weight is 498 g/mol. The monoisotopic (exact) mass is 497 g/mol. The number of amides is 4. The van der Waals surface area contributed by atoms with Crippen LogP contribution in [0.25, 0.3) is 0 Å². The van der Waals surface area contributed by atoms with Gasteiger partial charge in [-0.1, -0.05) is 30.8 Å². The predicted molar refractivity (Wildman–Crippen MR) is 129 cm³/mol. The third kappa shape index (κ3) is 4.81. The lowest BCUT2D eigenvalue weighted by Gasteiger charge is -2.55. The van der Waals surface area contributed by atoms with E-state index in [0.29, 0.717) is 11.1 Å². The van der Waals surface area contributed by atoms with E-state index in [4.69, 9.17) is 0 Å². The van der Waals surface area contributed by atoms with Crippen molar-refractivity contribution in [3.05, 3.63) is 83.4 Å². The molecule has 0 radical (unpaired) electrons. The molecule has 190 valence electrons. The van der Waals surface area contributed by atoms with Gasteiger partial charge in [-0.3, -0.25) is 9.59 Å². The third-order valence-electron chi connectivity index (χ3n) is 6.63. The quantitative estimate of drug-likeness (QED) is 0.645. The Morgan fingerprint density at radius 1 is 1.08 bits per heavy atom. The van der Waals surface area contributed by atoms with E-state index >= 15 is 0 Å². The molecule has 1 N–H and O–H groups in total. The number of nitrogens with zero attached hydrogens (tertiary/aromatic N) is 4. The van der Waals surface area contributed by atoms with Gasteiger partial charge in [-0.15, -0.1) is 0 Å². The molecule has 2 heterocycles. The van der Waals surface area contributed by atoms with Gasteiger partial charge in [0.15, 0.2) is 0 Å². The van der Waals surface area contributed by atoms with Crippen LogP contribution in [0.3, 0.4) is 0 Å². The minimum absolute atomic E-state index is 0.0568. The fourth-order valence-electron chi connectivity index (χ4n) is 4.76. The highest BCUT2D eigenvalue weighted by molar-refractivity contribution is 5.93. The summed E-state index contributed by atoms with van der Waals surface area (Å²) >= 11 is 0. The number of urea groups is 1. The third-order valence-corrected chi connectivity index (χ3v) is 6.63. The number of hydrogen-bond acceptors (Lipinski definition) is 4. The molecule has 2 saturated heterocycles. The van der Waals surface area contributed by atoms with Gasteiger partial charge < -0.3 is 15.1 Å². The fraction of sp³-hybridized carbons (Fsp3) is 0.346. The van der Waals surface area contributed by atoms with Gasteiger partial charge in [-0.2, -0.15) is 0 Å². The first kappa shape index (κ1) is 25.3. The number of likely N-dealkylation sites (N-methyl/N-ethyl adjacent to an activating group) is 1. The molecule has 2 unspecified atom stereocenters. The average Bonchev–Trinajstić information content (AvgIpc) is 2.83. The van der Waals surface area contributed by atoms with Crippen LogP contribution in [-0.4, -0.2) is 70.0 Å². The zero-order valence-electron chi connectivity index (χ0n) is 20.4. The molecular weight excluding hydrogens is 468 g/mol. The van der Waals surface area contributed by atoms with Gasteiger partial charge in [0.25, 0.3) is 0 Å². The standard InChI is InChI=1S/C26H29F2N5O3/c1-16(2)24-25(35)31(17(3)19-7-11-21(28)12-8-19)14-22-32(24)23(34)15-30(4)33(22)26(36)29-13-18-5-9-20(27)10-6-18/h5-12,17,22,24H,1,13-15H2,2-4H3,(H,29,36)/t17?,22?,24-/m0/s1. The Kier molecular flexibility index (Phi) is 7.07. The van der Waals surface area contributed by atoms with Crippen LogP contribution in [0.5, 0.6) is 0 Å². The molecule has 0 bridgehead atoms. The minimum atomic E-state index is -0.944. The van der Waals surface area contributed by atoms with Gasteiger partial charge in [-0.05, 0) is 54.8 Å². The number of carbonyl (C=O) groups excluding carboxylic acids is 3. The number of hydrogen-bond donors (Lipinski definition) is 1. The smallest absolute Gasteiger partial charge is 0.333 e. The van der Waals surface area contributed by atoms with Crippen LogP contribution in [0.2, 0.25) is 0 Å². The van der Waals surface area contributed by atoms with E-state index in [9.17, 15) is 23.2 Å². The SMILES string of the molecule is C=C(C)[C@H]1C(=O)N(C(C)c2ccc(F)cc2)CC2N1C(=O)CN(C)N2C(=O)NCc1ccc(F)cc1. The van der Waals surface area contributed by atoms with Crippen molar-refractivity contribution in [2.24, 2.45) is 0 Å². The Morgan fingerprint density at radius 3 is 2.25 bits per heavy atom. The second-order valence-electron chi connectivity index (χ2n) is 9.19. The van der Waals surface area contributed by atoms with E-state index in [0.717, 1.165) is 5.56 Å². The molecule has 2 aromatic rings. The van der Waals surface area contributed by atoms with Crippen LogP contribution in [-0.2, 0) is 16.1 Å². The second kappa shape index (κ2) is 10.1. The highest BCUT2D eigenvalue weighted by atomic mass is 19.1. The van der Waals surface area contributed by atoms with Crippen LogP contribution in [0, 0.1) is 11.6 Å². The number of hydrazine groups is 1. The van der Waals surface area contributed by atoms with E-state index in [1.165, 1.54) is 39.2 Å². The summed E-state index contributed by atoms with van der Waals surface area (Å²) < 4.78 is 26.7. The molecule has 36 heavy (non-hydrogen) atoms. The highest BCUT2D eigenvalue weighted by Gasteiger charge is 2.51. The summed E-state index contributed by atoms with van der Waals surface area (Å²) in [6, 6.07) is 9.82. The largest absolute Gasteiger partial charge is 0.334 e. The van der Waals surface area contributed by atoms with E-state index in [-0.39, 0.29) is 43.1 Å². The van der Waals surface area contributed by atoms with Crippen molar-refractivity contribution < 1.29 is 23.2 Å². The maximum Gasteiger partial charge on any atom is 0.334 e. The van der Waals surface area contributed by atoms with Crippen molar-refractivity contribution >= 4 is 17.8 Å². The Bertz CT molecular complexity index is 1170. The highest BCUT2D eigenvalue weighted by Crippen LogP contribution is 2.33. The van der Waals surface area contributed by atoms with Crippen molar-refractivity contribution in [2.75, 3.05) is 20.1 Å². The van der Waals surface area contributed by atoms with Gasteiger partial charge in [0.1, 0.15) is 23.8 Å². The van der Waals surface area contributed by atoms with Crippen LogP contribution >= 0.6 is 0 Å². The minimum Gasteiger partial charge on any atom is -0.333 e. The Labute approximate surface area is 208 Å². The number of fused-ring (bicyclic) bond motifs is 1. The fourth-order valence-corrected chi connectivity index (χ4v) is 4.76. The predicted octanol–water partition coefficient (Wildman–Crippen LogP) is 3.04. The normalized spacial score (nSPS) is 21.3. The Balaban J connectivity index is 1.63. The summed E-state index contributed by atoms with van der Waals surface area (Å²) in [5.74, 6) is -1.35. The summed E-state index contributed by atoms with van der Waals surface area (Å²) in [6.07, 6.45) is -0.785. The molecule has 2 fully saturated rings. The molecule has 10 heteroatoms. The first-order valence-corrected chi connectivity index (χ1v) is 11.6. The number of rotatable bonds is 5. The first-order chi connectivity index (χ1) is 17.1. The Morgan fingerprint density at radius 2 is 1.67 bits per heavy atom. The lowest BCUT2D eigenvalue weighted by molar-refractivity contribution is -0.186. The van der Waals surface area contributed by atoms with Gasteiger partial charge in [0.2, 0.25) is 11.8 Å². The summed E-state index contributed by atoms with van der Waals surface area (Å²) in [7, 11) is 1.63. The lowest BCUT2D eigenvalue weighted by Crippen LogP contribution is -2.76. The number of nitrogens with one attached hydrogen (secondary N) is 1. The van der Waals surface area contributed by atoms with Crippen molar-refractivity contribution in [3.63, 3.8) is 0 Å². The molecule has 2 aromatic carbocycles. The van der Waals surface area contributed by atoms with Crippen molar-refractivity contribution in [1.82, 2.24) is 25.1 Å². The molecule has 2 aliphatic rings. The van der Waals surface area contributed by atoms with Crippen molar-refractivity contribution in [1.29, 1.82) is 0 Å². The van der Waals surface area contributed by atoms with Gasteiger partial charge in [-0.25, -0.2) is 23.6 Å². The summed E-state index contributed by atoms with van der Waals surface area (Å²) in [5, 5.41) is 5.77. The van der Waals surface area contributed by atoms with E-state index in [2.05, 4.69) is 11.9 Å². The Hall–Kier alpha value is -3.79. The van der Waals surface area contributed by atoms with Gasteiger partial charge in [0.05, 0.1) is 19.1 Å². The van der Waals surface area contributed by atoms with Crippen LogP contribution in [0.1, 0.15) is 31.0 Å². The zero-order chi connectivity index (χ0) is 26.1. The lowest BCUT2D eigenvalue weighted by atomic mass is 9.97. The van der Waals surface area contributed by atoms with Crippen LogP contribution in [0.4, 0.5) is 13.6 Å². The molecule has 0 spiro atoms. The first-order valence-electron chi connectivity index (χ1n) is 11.6. The molecule has 8 nitrogen and oxygen atoms in total. The summed E-state index contributed by atoms with van der Waals surface area (Å²) in [6.45, 7) is 7.57. The number of carbonyl (C=O) groups is 3. The molecular formula is C26H29F2N5O3. The van der Waals surface area contributed by atoms with Crippen molar-refractivity contribution in [3.8, 4) is 0 Å². The number of halogens is 2. The van der Waals surface area contributed by atoms with Gasteiger partial charge in [0, 0.05) is 13.6 Å². The zero-order valence-corrected chi connectivity index (χ0v) is 20.4. The number of benzene rings is 2. The van der Waals surface area contributed by atoms with E-state index in [1.807, 2.05) is 6.92 Å². The maximum atomic E-state index is 13.6. The van der Waals surface area contributed by atoms with Crippen LogP contribution in [0.15, 0.2) is 60.7 Å².